The van der Waals surface area contributed by atoms with E-state index in [9.17, 15) is 14.4 Å². The molecule has 6 heteroatoms. The molecule has 0 spiro atoms. The molecule has 0 aliphatic carbocycles. The van der Waals surface area contributed by atoms with Crippen molar-refractivity contribution in [2.45, 2.75) is 354 Å². The number of carbonyl (C=O) groups is 3. The Morgan fingerprint density at radius 3 is 0.768 bits per heavy atom. The normalized spacial score (nSPS) is 12.7. The fraction of sp³-hybridized carbons (Fsp3) is 0.750. The molecule has 0 radical (unpaired) electrons. The van der Waals surface area contributed by atoms with Gasteiger partial charge < -0.3 is 14.2 Å². The Labute approximate surface area is 508 Å². The number of esters is 3. The van der Waals surface area contributed by atoms with Crippen LogP contribution in [-0.2, 0) is 28.6 Å². The third-order valence-electron chi connectivity index (χ3n) is 15.3. The van der Waals surface area contributed by atoms with E-state index in [0.717, 1.165) is 116 Å². The molecule has 0 saturated heterocycles. The molecule has 0 aromatic rings. The minimum atomic E-state index is -0.784. The minimum Gasteiger partial charge on any atom is -0.462 e. The molecule has 0 aliphatic heterocycles. The molecule has 0 aromatic carbocycles. The maximum Gasteiger partial charge on any atom is 0.306 e. The van der Waals surface area contributed by atoms with Crippen molar-refractivity contribution < 1.29 is 28.6 Å². The van der Waals surface area contributed by atoms with Crippen LogP contribution >= 0.6 is 0 Å². The van der Waals surface area contributed by atoms with E-state index in [-0.39, 0.29) is 31.1 Å². The zero-order valence-corrected chi connectivity index (χ0v) is 54.2. The van der Waals surface area contributed by atoms with E-state index in [4.69, 9.17) is 14.2 Å². The van der Waals surface area contributed by atoms with Crippen LogP contribution in [0.15, 0.2) is 97.2 Å². The second-order valence-corrected chi connectivity index (χ2v) is 23.4. The van der Waals surface area contributed by atoms with Crippen LogP contribution in [0.5, 0.6) is 0 Å². The van der Waals surface area contributed by atoms with Gasteiger partial charge in [0.05, 0.1) is 0 Å². The summed E-state index contributed by atoms with van der Waals surface area (Å²) < 4.78 is 16.9. The first-order valence-electron chi connectivity index (χ1n) is 35.2. The highest BCUT2D eigenvalue weighted by Gasteiger charge is 2.19. The SMILES string of the molecule is CC/C=C\C/C=C\C/C=C\C/C=C\C/C=C\C/C=C\CCCCCCCCCCCCCCCCCCC(=O)OCC(COC(=O)CCCCCCC/C=C\CCCCCC)OC(=O)CCCCCCC/C=C\CCCCCCCCC. The molecule has 0 fully saturated rings. The number of allylic oxidation sites excluding steroid dienone is 16. The van der Waals surface area contributed by atoms with E-state index in [1.54, 1.807) is 0 Å². The van der Waals surface area contributed by atoms with E-state index in [2.05, 4.69) is 118 Å². The first-order chi connectivity index (χ1) is 40.5. The van der Waals surface area contributed by atoms with Crippen LogP contribution in [0.25, 0.3) is 0 Å². The van der Waals surface area contributed by atoms with E-state index in [1.807, 2.05) is 0 Å². The zero-order valence-electron chi connectivity index (χ0n) is 54.2. The smallest absolute Gasteiger partial charge is 0.306 e. The summed E-state index contributed by atoms with van der Waals surface area (Å²) in [5.74, 6) is -0.881. The third-order valence-corrected chi connectivity index (χ3v) is 15.3. The van der Waals surface area contributed by atoms with Gasteiger partial charge in [-0.2, -0.15) is 0 Å². The molecule has 0 amide bonds. The molecule has 1 unspecified atom stereocenters. The summed E-state index contributed by atoms with van der Waals surface area (Å²) in [5.41, 5.74) is 0. The molecule has 0 aliphatic rings. The predicted molar refractivity (Wildman–Crippen MR) is 357 cm³/mol. The average Bonchev–Trinajstić information content (AvgIpc) is 3.47. The highest BCUT2D eigenvalue weighted by molar-refractivity contribution is 5.71. The van der Waals surface area contributed by atoms with Crippen molar-refractivity contribution in [1.82, 2.24) is 0 Å². The average molecular weight is 1140 g/mol. The summed E-state index contributed by atoms with van der Waals surface area (Å²) in [6.07, 6.45) is 94.4. The number of rotatable bonds is 64. The van der Waals surface area contributed by atoms with Gasteiger partial charge in [0, 0.05) is 19.3 Å². The van der Waals surface area contributed by atoms with Gasteiger partial charge in [0.25, 0.3) is 0 Å². The van der Waals surface area contributed by atoms with Crippen molar-refractivity contribution in [2.75, 3.05) is 13.2 Å². The van der Waals surface area contributed by atoms with Gasteiger partial charge in [-0.15, -0.1) is 0 Å². The molecule has 0 heterocycles. The lowest BCUT2D eigenvalue weighted by atomic mass is 10.0. The van der Waals surface area contributed by atoms with Crippen LogP contribution in [0.3, 0.4) is 0 Å². The van der Waals surface area contributed by atoms with Crippen molar-refractivity contribution in [2.24, 2.45) is 0 Å². The highest BCUT2D eigenvalue weighted by Crippen LogP contribution is 2.17. The van der Waals surface area contributed by atoms with Gasteiger partial charge in [-0.1, -0.05) is 304 Å². The van der Waals surface area contributed by atoms with Crippen molar-refractivity contribution in [1.29, 1.82) is 0 Å². The maximum absolute atomic E-state index is 12.9. The maximum atomic E-state index is 12.9. The zero-order chi connectivity index (χ0) is 59.2. The second-order valence-electron chi connectivity index (χ2n) is 23.4. The van der Waals surface area contributed by atoms with Gasteiger partial charge >= 0.3 is 17.9 Å². The van der Waals surface area contributed by atoms with Gasteiger partial charge in [-0.05, 0) is 122 Å². The lowest BCUT2D eigenvalue weighted by molar-refractivity contribution is -0.167. The Morgan fingerprint density at radius 2 is 0.476 bits per heavy atom. The lowest BCUT2D eigenvalue weighted by Crippen LogP contribution is -2.30. The molecular formula is C76H132O6. The number of carbonyl (C=O) groups excluding carboxylic acids is 3. The summed E-state index contributed by atoms with van der Waals surface area (Å²) in [6, 6.07) is 0. The number of hydrogen-bond acceptors (Lipinski definition) is 6. The molecule has 472 valence electrons. The van der Waals surface area contributed by atoms with Crippen LogP contribution in [0.4, 0.5) is 0 Å². The molecule has 1 atom stereocenters. The first-order valence-corrected chi connectivity index (χ1v) is 35.2. The van der Waals surface area contributed by atoms with Crippen LogP contribution in [0.1, 0.15) is 348 Å². The first kappa shape index (κ1) is 78.3. The topological polar surface area (TPSA) is 78.9 Å². The summed E-state index contributed by atoms with van der Waals surface area (Å²) in [4.78, 5) is 38.3. The second kappa shape index (κ2) is 69.8. The fourth-order valence-electron chi connectivity index (χ4n) is 10.0. The molecular weight excluding hydrogens is 1010 g/mol. The molecule has 0 saturated carbocycles. The molecule has 0 aromatic heterocycles. The highest BCUT2D eigenvalue weighted by atomic mass is 16.6. The number of unbranched alkanes of at least 4 members (excludes halogenated alkanes) is 37. The molecule has 82 heavy (non-hydrogen) atoms. The molecule has 0 rings (SSSR count). The van der Waals surface area contributed by atoms with Crippen molar-refractivity contribution >= 4 is 17.9 Å². The van der Waals surface area contributed by atoms with E-state index in [0.29, 0.717) is 19.3 Å². The summed E-state index contributed by atoms with van der Waals surface area (Å²) in [5, 5.41) is 0. The van der Waals surface area contributed by atoms with Crippen LogP contribution in [-0.4, -0.2) is 37.2 Å². The van der Waals surface area contributed by atoms with Crippen molar-refractivity contribution in [3.05, 3.63) is 97.2 Å². The molecule has 0 bridgehead atoms. The standard InChI is InChI=1S/C76H132O6/c1-4-7-10-13-16-19-22-25-27-29-30-31-32-33-34-35-36-37-38-39-40-41-42-43-44-45-46-47-49-51-54-57-60-63-66-69-75(78)81-72-73(71-80-74(77)68-65-62-59-56-53-50-24-21-18-15-12-9-6-3)82-76(79)70-67-64-61-58-55-52-48-28-26-23-20-17-14-11-8-5-2/h7,10,16,19,21,24-25,27-28,30-31,33-34,36-37,48,73H,4-6,8-9,11-15,17-18,20,22-23,26,29,32,35,38-47,49-72H2,1-3H3/b10-7-,19-16-,24-21-,27-25-,31-30-,34-33-,37-36-,48-28-. The minimum absolute atomic E-state index is 0.0795. The summed E-state index contributed by atoms with van der Waals surface area (Å²) in [6.45, 7) is 6.53. The Kier molecular flexibility index (Phi) is 66.7. The van der Waals surface area contributed by atoms with Crippen molar-refractivity contribution in [3.8, 4) is 0 Å². The van der Waals surface area contributed by atoms with Gasteiger partial charge in [-0.25, -0.2) is 0 Å². The van der Waals surface area contributed by atoms with Gasteiger partial charge in [0.15, 0.2) is 6.10 Å². The van der Waals surface area contributed by atoms with Crippen LogP contribution in [0, 0.1) is 0 Å². The molecule has 0 N–H and O–H groups in total. The third kappa shape index (κ3) is 67.1. The van der Waals surface area contributed by atoms with Gasteiger partial charge in [0.2, 0.25) is 0 Å². The lowest BCUT2D eigenvalue weighted by Gasteiger charge is -2.18. The number of hydrogen-bond donors (Lipinski definition) is 0. The van der Waals surface area contributed by atoms with E-state index < -0.39 is 6.10 Å². The largest absolute Gasteiger partial charge is 0.462 e. The molecule has 6 nitrogen and oxygen atoms in total. The Bertz CT molecular complexity index is 1590. The Hall–Kier alpha value is -3.67. The van der Waals surface area contributed by atoms with Gasteiger partial charge in [-0.3, -0.25) is 14.4 Å². The quantitative estimate of drug-likeness (QED) is 0.0261. The Morgan fingerprint density at radius 1 is 0.256 bits per heavy atom. The van der Waals surface area contributed by atoms with E-state index >= 15 is 0 Å². The fourth-order valence-corrected chi connectivity index (χ4v) is 10.0. The van der Waals surface area contributed by atoms with Crippen LogP contribution < -0.4 is 0 Å². The van der Waals surface area contributed by atoms with Crippen molar-refractivity contribution in [3.63, 3.8) is 0 Å². The van der Waals surface area contributed by atoms with Crippen LogP contribution in [0.2, 0.25) is 0 Å². The monoisotopic (exact) mass is 1140 g/mol. The summed E-state index contributed by atoms with van der Waals surface area (Å²) in [7, 11) is 0. The Balaban J connectivity index is 4.15. The van der Waals surface area contributed by atoms with Gasteiger partial charge in [0.1, 0.15) is 13.2 Å². The predicted octanol–water partition coefficient (Wildman–Crippen LogP) is 24.4. The van der Waals surface area contributed by atoms with E-state index in [1.165, 1.54) is 193 Å². The number of ether oxygens (including phenoxy) is 3. The summed E-state index contributed by atoms with van der Waals surface area (Å²) >= 11 is 0.